The Morgan fingerprint density at radius 1 is 1.27 bits per heavy atom. The number of aromatic nitrogens is 1. The van der Waals surface area contributed by atoms with E-state index in [1.54, 1.807) is 11.0 Å². The molecule has 0 N–H and O–H groups in total. The zero-order valence-corrected chi connectivity index (χ0v) is 15.6. The van der Waals surface area contributed by atoms with Crippen molar-refractivity contribution in [2.45, 2.75) is 13.8 Å². The number of hydrogen-bond acceptors (Lipinski definition) is 3. The van der Waals surface area contributed by atoms with Crippen LogP contribution in [0.4, 0.5) is 0 Å². The zero-order valence-electron chi connectivity index (χ0n) is 14.8. The van der Waals surface area contributed by atoms with Crippen LogP contribution in [0.5, 0.6) is 0 Å². The standard InChI is InChI=1S/C20H20ClN3O2/c1-14-10-16(15(2)24(14)19-5-3-4-18(21)12-19)11-17(13-22)20(25)23-6-8-26-9-7-23/h3-5,10-12H,6-9H2,1-2H3/b17-11-. The fraction of sp³-hybridized carbons (Fsp3) is 0.300. The molecule has 26 heavy (non-hydrogen) atoms. The molecule has 1 aromatic heterocycles. The van der Waals surface area contributed by atoms with Gasteiger partial charge in [-0.1, -0.05) is 17.7 Å². The van der Waals surface area contributed by atoms with Crippen LogP contribution in [0.2, 0.25) is 5.02 Å². The number of carbonyl (C=O) groups is 1. The second-order valence-corrected chi connectivity index (χ2v) is 6.65. The number of aryl methyl sites for hydroxylation is 1. The number of hydrogen-bond donors (Lipinski definition) is 0. The van der Waals surface area contributed by atoms with Crippen LogP contribution in [-0.2, 0) is 9.53 Å². The second-order valence-electron chi connectivity index (χ2n) is 6.22. The van der Waals surface area contributed by atoms with Gasteiger partial charge in [-0.2, -0.15) is 5.26 Å². The Labute approximate surface area is 158 Å². The summed E-state index contributed by atoms with van der Waals surface area (Å²) in [7, 11) is 0. The fourth-order valence-electron chi connectivity index (χ4n) is 3.18. The Bertz CT molecular complexity index is 902. The Morgan fingerprint density at radius 2 is 2.00 bits per heavy atom. The van der Waals surface area contributed by atoms with Gasteiger partial charge in [-0.25, -0.2) is 0 Å². The highest BCUT2D eigenvalue weighted by Crippen LogP contribution is 2.24. The van der Waals surface area contributed by atoms with Gasteiger partial charge in [0.05, 0.1) is 13.2 Å². The van der Waals surface area contributed by atoms with Gasteiger partial charge >= 0.3 is 0 Å². The van der Waals surface area contributed by atoms with Crippen LogP contribution in [0.25, 0.3) is 11.8 Å². The van der Waals surface area contributed by atoms with E-state index in [0.717, 1.165) is 22.6 Å². The molecule has 0 atom stereocenters. The highest BCUT2D eigenvalue weighted by Gasteiger charge is 2.21. The van der Waals surface area contributed by atoms with E-state index in [9.17, 15) is 10.1 Å². The first-order valence-electron chi connectivity index (χ1n) is 8.45. The number of halogens is 1. The molecule has 1 aliphatic heterocycles. The third kappa shape index (κ3) is 3.67. The first-order chi connectivity index (χ1) is 12.5. The number of amides is 1. The summed E-state index contributed by atoms with van der Waals surface area (Å²) in [5.74, 6) is -0.247. The van der Waals surface area contributed by atoms with Crippen molar-refractivity contribution in [3.05, 3.63) is 57.9 Å². The minimum absolute atomic E-state index is 0.137. The van der Waals surface area contributed by atoms with Gasteiger partial charge in [-0.3, -0.25) is 4.79 Å². The Morgan fingerprint density at radius 3 is 2.65 bits per heavy atom. The van der Waals surface area contributed by atoms with E-state index in [-0.39, 0.29) is 11.5 Å². The monoisotopic (exact) mass is 369 g/mol. The average molecular weight is 370 g/mol. The van der Waals surface area contributed by atoms with Gasteiger partial charge in [-0.15, -0.1) is 0 Å². The Kier molecular flexibility index (Phi) is 5.46. The summed E-state index contributed by atoms with van der Waals surface area (Å²) >= 11 is 6.11. The van der Waals surface area contributed by atoms with E-state index in [0.29, 0.717) is 31.3 Å². The molecular formula is C20H20ClN3O2. The van der Waals surface area contributed by atoms with Crippen molar-refractivity contribution in [3.63, 3.8) is 0 Å². The third-order valence-corrected chi connectivity index (χ3v) is 4.72. The van der Waals surface area contributed by atoms with E-state index in [2.05, 4.69) is 10.6 Å². The number of carbonyl (C=O) groups excluding carboxylic acids is 1. The third-order valence-electron chi connectivity index (χ3n) is 4.49. The number of ether oxygens (including phenoxy) is 1. The maximum absolute atomic E-state index is 12.6. The molecule has 5 nitrogen and oxygen atoms in total. The van der Waals surface area contributed by atoms with Crippen LogP contribution in [0.1, 0.15) is 17.0 Å². The molecule has 3 rings (SSSR count). The van der Waals surface area contributed by atoms with Gasteiger partial charge in [0.1, 0.15) is 11.6 Å². The molecule has 2 heterocycles. The van der Waals surface area contributed by atoms with Crippen molar-refractivity contribution < 1.29 is 9.53 Å². The lowest BCUT2D eigenvalue weighted by molar-refractivity contribution is -0.130. The molecule has 1 saturated heterocycles. The lowest BCUT2D eigenvalue weighted by Gasteiger charge is -2.26. The minimum Gasteiger partial charge on any atom is -0.378 e. The van der Waals surface area contributed by atoms with Crippen molar-refractivity contribution in [1.82, 2.24) is 9.47 Å². The molecule has 1 aromatic carbocycles. The number of morpholine rings is 1. The van der Waals surface area contributed by atoms with Crippen molar-refractivity contribution in [3.8, 4) is 11.8 Å². The lowest BCUT2D eigenvalue weighted by Crippen LogP contribution is -2.41. The molecule has 0 bridgehead atoms. The maximum Gasteiger partial charge on any atom is 0.264 e. The fourth-order valence-corrected chi connectivity index (χ4v) is 3.36. The van der Waals surface area contributed by atoms with Crippen LogP contribution in [0.3, 0.4) is 0 Å². The van der Waals surface area contributed by atoms with Gasteiger partial charge in [0.2, 0.25) is 0 Å². The Balaban J connectivity index is 1.96. The van der Waals surface area contributed by atoms with Gasteiger partial charge in [-0.05, 0) is 49.8 Å². The number of benzene rings is 1. The molecule has 134 valence electrons. The summed E-state index contributed by atoms with van der Waals surface area (Å²) < 4.78 is 7.33. The first kappa shape index (κ1) is 18.2. The van der Waals surface area contributed by atoms with Crippen molar-refractivity contribution >= 4 is 23.6 Å². The normalized spacial score (nSPS) is 15.0. The summed E-state index contributed by atoms with van der Waals surface area (Å²) in [6, 6.07) is 11.6. The van der Waals surface area contributed by atoms with Crippen molar-refractivity contribution in [1.29, 1.82) is 5.26 Å². The predicted molar refractivity (Wildman–Crippen MR) is 101 cm³/mol. The highest BCUT2D eigenvalue weighted by molar-refractivity contribution is 6.30. The molecule has 0 spiro atoms. The number of nitrogens with zero attached hydrogens (tertiary/aromatic N) is 3. The summed E-state index contributed by atoms with van der Waals surface area (Å²) in [4.78, 5) is 14.3. The summed E-state index contributed by atoms with van der Waals surface area (Å²) in [6.45, 7) is 6.00. The van der Waals surface area contributed by atoms with E-state index in [1.807, 2.05) is 44.2 Å². The quantitative estimate of drug-likeness (QED) is 0.614. The largest absolute Gasteiger partial charge is 0.378 e. The van der Waals surface area contributed by atoms with E-state index < -0.39 is 0 Å². The predicted octanol–water partition coefficient (Wildman–Crippen LogP) is 3.51. The maximum atomic E-state index is 12.6. The molecule has 2 aromatic rings. The summed E-state index contributed by atoms with van der Waals surface area (Å²) in [6.07, 6.45) is 1.67. The SMILES string of the molecule is Cc1cc(/C=C(/C#N)C(=O)N2CCOCC2)c(C)n1-c1cccc(Cl)c1. The van der Waals surface area contributed by atoms with E-state index in [4.69, 9.17) is 16.3 Å². The van der Waals surface area contributed by atoms with Gasteiger partial charge in [0.25, 0.3) is 5.91 Å². The molecule has 0 unspecified atom stereocenters. The van der Waals surface area contributed by atoms with Crippen LogP contribution in [0, 0.1) is 25.2 Å². The van der Waals surface area contributed by atoms with E-state index in [1.165, 1.54) is 0 Å². The summed E-state index contributed by atoms with van der Waals surface area (Å²) in [5, 5.41) is 10.1. The van der Waals surface area contributed by atoms with Gasteiger partial charge in [0, 0.05) is 35.2 Å². The highest BCUT2D eigenvalue weighted by atomic mass is 35.5. The summed E-state index contributed by atoms with van der Waals surface area (Å²) in [5.41, 5.74) is 3.89. The molecule has 1 amide bonds. The van der Waals surface area contributed by atoms with Crippen molar-refractivity contribution in [2.24, 2.45) is 0 Å². The van der Waals surface area contributed by atoms with E-state index >= 15 is 0 Å². The Hall–Kier alpha value is -2.55. The van der Waals surface area contributed by atoms with Crippen LogP contribution >= 0.6 is 11.6 Å². The second kappa shape index (κ2) is 7.77. The van der Waals surface area contributed by atoms with Gasteiger partial charge < -0.3 is 14.2 Å². The molecule has 0 aliphatic carbocycles. The number of nitriles is 1. The minimum atomic E-state index is -0.247. The molecule has 1 fully saturated rings. The molecule has 6 heteroatoms. The van der Waals surface area contributed by atoms with Crippen LogP contribution in [-0.4, -0.2) is 41.7 Å². The topological polar surface area (TPSA) is 58.3 Å². The smallest absolute Gasteiger partial charge is 0.264 e. The van der Waals surface area contributed by atoms with Crippen LogP contribution in [0.15, 0.2) is 35.9 Å². The first-order valence-corrected chi connectivity index (χ1v) is 8.82. The molecular weight excluding hydrogens is 350 g/mol. The average Bonchev–Trinajstić information content (AvgIpc) is 2.93. The zero-order chi connectivity index (χ0) is 18.7. The van der Waals surface area contributed by atoms with Crippen LogP contribution < -0.4 is 0 Å². The number of rotatable bonds is 3. The molecule has 0 radical (unpaired) electrons. The molecule has 0 saturated carbocycles. The lowest BCUT2D eigenvalue weighted by atomic mass is 10.1. The van der Waals surface area contributed by atoms with Gasteiger partial charge in [0.15, 0.2) is 0 Å². The van der Waals surface area contributed by atoms with Crippen molar-refractivity contribution in [2.75, 3.05) is 26.3 Å². The molecule has 1 aliphatic rings.